The molecule has 0 spiro atoms. The SMILES string of the molecule is CCc1ccccc1C(CN)N(C)C1CCOC1C. The van der Waals surface area contributed by atoms with E-state index in [1.54, 1.807) is 0 Å². The van der Waals surface area contributed by atoms with Gasteiger partial charge < -0.3 is 10.5 Å². The molecule has 3 nitrogen and oxygen atoms in total. The first-order valence-electron chi connectivity index (χ1n) is 7.30. The number of rotatable bonds is 5. The van der Waals surface area contributed by atoms with E-state index in [0.717, 1.165) is 19.4 Å². The van der Waals surface area contributed by atoms with Gasteiger partial charge in [-0.25, -0.2) is 0 Å². The van der Waals surface area contributed by atoms with E-state index < -0.39 is 0 Å². The minimum absolute atomic E-state index is 0.283. The van der Waals surface area contributed by atoms with E-state index in [-0.39, 0.29) is 6.04 Å². The van der Waals surface area contributed by atoms with Crippen molar-refractivity contribution in [1.82, 2.24) is 4.90 Å². The van der Waals surface area contributed by atoms with Crippen LogP contribution in [0, 0.1) is 0 Å². The van der Waals surface area contributed by atoms with Crippen LogP contribution in [0.5, 0.6) is 0 Å². The van der Waals surface area contributed by atoms with Gasteiger partial charge in [-0.1, -0.05) is 31.2 Å². The van der Waals surface area contributed by atoms with Crippen molar-refractivity contribution in [3.8, 4) is 0 Å². The summed E-state index contributed by atoms with van der Waals surface area (Å²) in [5.74, 6) is 0. The highest BCUT2D eigenvalue weighted by Crippen LogP contribution is 2.29. The van der Waals surface area contributed by atoms with Gasteiger partial charge in [0.25, 0.3) is 0 Å². The summed E-state index contributed by atoms with van der Waals surface area (Å²) < 4.78 is 5.69. The van der Waals surface area contributed by atoms with Crippen LogP contribution < -0.4 is 5.73 Å². The van der Waals surface area contributed by atoms with Gasteiger partial charge >= 0.3 is 0 Å². The van der Waals surface area contributed by atoms with Gasteiger partial charge in [0, 0.05) is 25.2 Å². The van der Waals surface area contributed by atoms with E-state index in [9.17, 15) is 0 Å². The molecule has 3 heteroatoms. The first kappa shape index (κ1) is 14.5. The number of aryl methyl sites for hydroxylation is 1. The largest absolute Gasteiger partial charge is 0.377 e. The van der Waals surface area contributed by atoms with Gasteiger partial charge in [-0.15, -0.1) is 0 Å². The second kappa shape index (κ2) is 6.51. The van der Waals surface area contributed by atoms with Crippen molar-refractivity contribution in [2.75, 3.05) is 20.2 Å². The Hall–Kier alpha value is -0.900. The lowest BCUT2D eigenvalue weighted by atomic mass is 9.95. The number of benzene rings is 1. The Morgan fingerprint density at radius 2 is 2.16 bits per heavy atom. The third kappa shape index (κ3) is 2.99. The Labute approximate surface area is 116 Å². The highest BCUT2D eigenvalue weighted by Gasteiger charge is 2.32. The van der Waals surface area contributed by atoms with Crippen LogP contribution in [0.15, 0.2) is 24.3 Å². The minimum Gasteiger partial charge on any atom is -0.377 e. The molecule has 3 unspecified atom stereocenters. The zero-order valence-electron chi connectivity index (χ0n) is 12.3. The monoisotopic (exact) mass is 262 g/mol. The van der Waals surface area contributed by atoms with Crippen molar-refractivity contribution in [2.45, 2.75) is 44.9 Å². The molecule has 0 aliphatic carbocycles. The van der Waals surface area contributed by atoms with E-state index in [1.165, 1.54) is 11.1 Å². The van der Waals surface area contributed by atoms with Gasteiger partial charge in [-0.3, -0.25) is 4.90 Å². The predicted molar refractivity (Wildman–Crippen MR) is 79.2 cm³/mol. The van der Waals surface area contributed by atoms with E-state index in [1.807, 2.05) is 0 Å². The summed E-state index contributed by atoms with van der Waals surface area (Å²) >= 11 is 0. The minimum atomic E-state index is 0.283. The standard InChI is InChI=1S/C16H26N2O/c1-4-13-7-5-6-8-14(13)16(11-17)18(3)15-9-10-19-12(15)2/h5-8,12,15-16H,4,9-11,17H2,1-3H3. The number of ether oxygens (including phenoxy) is 1. The van der Waals surface area contributed by atoms with Crippen LogP contribution in [0.2, 0.25) is 0 Å². The van der Waals surface area contributed by atoms with Crippen molar-refractivity contribution in [3.63, 3.8) is 0 Å². The number of nitrogens with zero attached hydrogens (tertiary/aromatic N) is 1. The van der Waals surface area contributed by atoms with Crippen LogP contribution >= 0.6 is 0 Å². The summed E-state index contributed by atoms with van der Waals surface area (Å²) in [6.45, 7) is 5.88. The molecule has 2 N–H and O–H groups in total. The Kier molecular flexibility index (Phi) is 4.97. The van der Waals surface area contributed by atoms with Crippen molar-refractivity contribution < 1.29 is 4.74 Å². The molecule has 3 atom stereocenters. The molecule has 19 heavy (non-hydrogen) atoms. The smallest absolute Gasteiger partial charge is 0.0703 e. The molecule has 0 radical (unpaired) electrons. The fourth-order valence-corrected chi connectivity index (χ4v) is 3.18. The fraction of sp³-hybridized carbons (Fsp3) is 0.625. The summed E-state index contributed by atoms with van der Waals surface area (Å²) in [5.41, 5.74) is 8.83. The molecule has 1 fully saturated rings. The number of hydrogen-bond acceptors (Lipinski definition) is 3. The number of hydrogen-bond donors (Lipinski definition) is 1. The third-order valence-electron chi connectivity index (χ3n) is 4.37. The summed E-state index contributed by atoms with van der Waals surface area (Å²) in [7, 11) is 2.18. The molecule has 1 aromatic carbocycles. The summed E-state index contributed by atoms with van der Waals surface area (Å²) in [4.78, 5) is 2.41. The molecule has 0 bridgehead atoms. The molecule has 2 rings (SSSR count). The molecule has 0 aromatic heterocycles. The van der Waals surface area contributed by atoms with Crippen molar-refractivity contribution in [1.29, 1.82) is 0 Å². The Morgan fingerprint density at radius 3 is 2.74 bits per heavy atom. The second-order valence-corrected chi connectivity index (χ2v) is 5.40. The lowest BCUT2D eigenvalue weighted by molar-refractivity contribution is 0.0684. The average Bonchev–Trinajstić information content (AvgIpc) is 2.86. The van der Waals surface area contributed by atoms with E-state index >= 15 is 0 Å². The van der Waals surface area contributed by atoms with Gasteiger partial charge in [-0.05, 0) is 37.9 Å². The summed E-state index contributed by atoms with van der Waals surface area (Å²) in [5, 5.41) is 0. The maximum Gasteiger partial charge on any atom is 0.0703 e. The zero-order valence-corrected chi connectivity index (χ0v) is 12.3. The molecular formula is C16H26N2O. The predicted octanol–water partition coefficient (Wildman–Crippen LogP) is 2.36. The summed E-state index contributed by atoms with van der Waals surface area (Å²) in [6, 6.07) is 9.40. The molecule has 0 amide bonds. The lowest BCUT2D eigenvalue weighted by Crippen LogP contribution is -2.42. The van der Waals surface area contributed by atoms with Gasteiger partial charge in [0.1, 0.15) is 0 Å². The molecule has 0 saturated carbocycles. The number of likely N-dealkylation sites (N-methyl/N-ethyl adjacent to an activating group) is 1. The maximum atomic E-state index is 6.06. The Bertz CT molecular complexity index is 407. The highest BCUT2D eigenvalue weighted by atomic mass is 16.5. The Morgan fingerprint density at radius 1 is 1.42 bits per heavy atom. The summed E-state index contributed by atoms with van der Waals surface area (Å²) in [6.07, 6.45) is 2.45. The van der Waals surface area contributed by atoms with Crippen molar-refractivity contribution >= 4 is 0 Å². The van der Waals surface area contributed by atoms with E-state index in [0.29, 0.717) is 18.7 Å². The zero-order chi connectivity index (χ0) is 13.8. The van der Waals surface area contributed by atoms with Gasteiger partial charge in [0.2, 0.25) is 0 Å². The van der Waals surface area contributed by atoms with Crippen LogP contribution in [0.25, 0.3) is 0 Å². The molecule has 1 aliphatic rings. The second-order valence-electron chi connectivity index (χ2n) is 5.40. The van der Waals surface area contributed by atoms with Crippen molar-refractivity contribution in [3.05, 3.63) is 35.4 Å². The van der Waals surface area contributed by atoms with Crippen LogP contribution in [0.1, 0.15) is 37.4 Å². The maximum absolute atomic E-state index is 6.06. The van der Waals surface area contributed by atoms with Crippen molar-refractivity contribution in [2.24, 2.45) is 5.73 Å². The Balaban J connectivity index is 2.23. The van der Waals surface area contributed by atoms with E-state index in [2.05, 4.69) is 50.1 Å². The third-order valence-corrected chi connectivity index (χ3v) is 4.37. The van der Waals surface area contributed by atoms with Gasteiger partial charge in [0.05, 0.1) is 6.10 Å². The van der Waals surface area contributed by atoms with Crippen LogP contribution in [0.4, 0.5) is 0 Å². The molecule has 1 aromatic rings. The van der Waals surface area contributed by atoms with Crippen LogP contribution in [0.3, 0.4) is 0 Å². The quantitative estimate of drug-likeness (QED) is 0.885. The molecule has 106 valence electrons. The van der Waals surface area contributed by atoms with E-state index in [4.69, 9.17) is 10.5 Å². The van der Waals surface area contributed by atoms with Crippen LogP contribution in [-0.2, 0) is 11.2 Å². The molecule has 1 heterocycles. The molecular weight excluding hydrogens is 236 g/mol. The molecule has 1 aliphatic heterocycles. The first-order chi connectivity index (χ1) is 9.19. The normalized spacial score (nSPS) is 24.9. The first-order valence-corrected chi connectivity index (χ1v) is 7.30. The average molecular weight is 262 g/mol. The number of nitrogens with two attached hydrogens (primary N) is 1. The van der Waals surface area contributed by atoms with Gasteiger partial charge in [0.15, 0.2) is 0 Å². The topological polar surface area (TPSA) is 38.5 Å². The fourth-order valence-electron chi connectivity index (χ4n) is 3.18. The molecule has 1 saturated heterocycles. The van der Waals surface area contributed by atoms with Crippen LogP contribution in [-0.4, -0.2) is 37.2 Å². The lowest BCUT2D eigenvalue weighted by Gasteiger charge is -2.35. The highest BCUT2D eigenvalue weighted by molar-refractivity contribution is 5.30. The van der Waals surface area contributed by atoms with Gasteiger partial charge in [-0.2, -0.15) is 0 Å².